The van der Waals surface area contributed by atoms with Crippen molar-refractivity contribution in [1.29, 1.82) is 0 Å². The van der Waals surface area contributed by atoms with E-state index in [9.17, 15) is 14.9 Å². The number of non-ortho nitro benzene ring substituents is 1. The van der Waals surface area contributed by atoms with Gasteiger partial charge in [-0.05, 0) is 30.7 Å². The van der Waals surface area contributed by atoms with E-state index in [4.69, 9.17) is 33.7 Å². The maximum absolute atomic E-state index is 12.6. The van der Waals surface area contributed by atoms with Crippen molar-refractivity contribution in [3.8, 4) is 5.75 Å². The number of benzene rings is 2. The molecule has 0 heterocycles. The number of carbonyl (C=O) groups is 1. The van der Waals surface area contributed by atoms with Crippen LogP contribution in [0, 0.1) is 10.1 Å². The number of ether oxygens (including phenoxy) is 1. The van der Waals surface area contributed by atoms with Crippen molar-refractivity contribution in [3.05, 3.63) is 62.1 Å². The summed E-state index contributed by atoms with van der Waals surface area (Å²) < 4.78 is 5.62. The van der Waals surface area contributed by atoms with Gasteiger partial charge in [-0.3, -0.25) is 14.9 Å². The molecular formula is C17H17Cl2N3O4. The molecule has 1 amide bonds. The zero-order valence-corrected chi connectivity index (χ0v) is 15.4. The number of hydrogen-bond acceptors (Lipinski definition) is 5. The number of rotatable bonds is 7. The third-order valence-corrected chi connectivity index (χ3v) is 4.12. The summed E-state index contributed by atoms with van der Waals surface area (Å²) in [6.07, 6.45) is 0.730. The van der Waals surface area contributed by atoms with Gasteiger partial charge in [0.15, 0.2) is 0 Å². The van der Waals surface area contributed by atoms with Gasteiger partial charge in [-0.25, -0.2) is 0 Å². The van der Waals surface area contributed by atoms with Crippen LogP contribution in [-0.2, 0) is 0 Å². The van der Waals surface area contributed by atoms with Gasteiger partial charge in [0.2, 0.25) is 0 Å². The van der Waals surface area contributed by atoms with Crippen LogP contribution in [0.5, 0.6) is 5.75 Å². The van der Waals surface area contributed by atoms with Crippen molar-refractivity contribution in [2.24, 2.45) is 5.73 Å². The van der Waals surface area contributed by atoms with Crippen molar-refractivity contribution < 1.29 is 14.5 Å². The number of nitrogens with one attached hydrogen (secondary N) is 1. The predicted molar refractivity (Wildman–Crippen MR) is 101 cm³/mol. The fraction of sp³-hybridized carbons (Fsp3) is 0.235. The number of hydrogen-bond donors (Lipinski definition) is 2. The Hall–Kier alpha value is -2.35. The Labute approximate surface area is 160 Å². The van der Waals surface area contributed by atoms with Crippen LogP contribution in [0.25, 0.3) is 0 Å². The number of nitrogens with zero attached hydrogens (tertiary/aromatic N) is 1. The van der Waals surface area contributed by atoms with Crippen LogP contribution in [0.15, 0.2) is 36.4 Å². The number of nitro benzene ring substituents is 1. The molecule has 3 N–H and O–H groups in total. The SMILES string of the molecule is CC[C@H](N)COc1ccc(Cl)cc1C(=O)Nc1ccc([N+](=O)[O-])cc1Cl. The molecule has 26 heavy (non-hydrogen) atoms. The monoisotopic (exact) mass is 397 g/mol. The predicted octanol–water partition coefficient (Wildman–Crippen LogP) is 4.27. The molecule has 7 nitrogen and oxygen atoms in total. The minimum atomic E-state index is -0.572. The van der Waals surface area contributed by atoms with Gasteiger partial charge >= 0.3 is 0 Å². The van der Waals surface area contributed by atoms with E-state index in [1.165, 1.54) is 18.2 Å². The molecule has 0 aliphatic rings. The van der Waals surface area contributed by atoms with Crippen molar-refractivity contribution in [1.82, 2.24) is 0 Å². The van der Waals surface area contributed by atoms with Gasteiger partial charge in [0.25, 0.3) is 11.6 Å². The second kappa shape index (κ2) is 8.84. The van der Waals surface area contributed by atoms with Gasteiger partial charge in [-0.2, -0.15) is 0 Å². The molecule has 9 heteroatoms. The molecule has 0 radical (unpaired) electrons. The van der Waals surface area contributed by atoms with E-state index in [-0.39, 0.29) is 34.6 Å². The van der Waals surface area contributed by atoms with Crippen molar-refractivity contribution in [2.45, 2.75) is 19.4 Å². The van der Waals surface area contributed by atoms with Crippen molar-refractivity contribution in [3.63, 3.8) is 0 Å². The average Bonchev–Trinajstić information content (AvgIpc) is 2.61. The molecule has 0 unspecified atom stereocenters. The fourth-order valence-electron chi connectivity index (χ4n) is 2.03. The largest absolute Gasteiger partial charge is 0.491 e. The van der Waals surface area contributed by atoms with Gasteiger partial charge in [0.1, 0.15) is 12.4 Å². The molecule has 0 aliphatic carbocycles. The number of anilines is 1. The topological polar surface area (TPSA) is 107 Å². The molecule has 1 atom stereocenters. The summed E-state index contributed by atoms with van der Waals surface area (Å²) in [6, 6.07) is 8.25. The minimum absolute atomic E-state index is 0.0463. The molecule has 138 valence electrons. The highest BCUT2D eigenvalue weighted by Gasteiger charge is 2.17. The number of carbonyl (C=O) groups excluding carboxylic acids is 1. The van der Waals surface area contributed by atoms with Crippen LogP contribution in [-0.4, -0.2) is 23.5 Å². The van der Waals surface area contributed by atoms with Crippen LogP contribution in [0.4, 0.5) is 11.4 Å². The van der Waals surface area contributed by atoms with E-state index in [0.29, 0.717) is 10.8 Å². The van der Waals surface area contributed by atoms with E-state index in [2.05, 4.69) is 5.32 Å². The van der Waals surface area contributed by atoms with Crippen LogP contribution < -0.4 is 15.8 Å². The lowest BCUT2D eigenvalue weighted by atomic mass is 10.1. The summed E-state index contributed by atoms with van der Waals surface area (Å²) in [7, 11) is 0. The first-order valence-electron chi connectivity index (χ1n) is 7.75. The van der Waals surface area contributed by atoms with Crippen LogP contribution in [0.1, 0.15) is 23.7 Å². The van der Waals surface area contributed by atoms with Gasteiger partial charge in [0.05, 0.1) is 21.2 Å². The van der Waals surface area contributed by atoms with Gasteiger partial charge in [-0.15, -0.1) is 0 Å². The Balaban J connectivity index is 2.23. The molecule has 0 bridgehead atoms. The molecule has 2 aromatic carbocycles. The summed E-state index contributed by atoms with van der Waals surface area (Å²) in [4.78, 5) is 22.8. The summed E-state index contributed by atoms with van der Waals surface area (Å²) in [5.74, 6) is -0.183. The normalized spacial score (nSPS) is 11.7. The molecular weight excluding hydrogens is 381 g/mol. The third-order valence-electron chi connectivity index (χ3n) is 3.58. The second-order valence-electron chi connectivity index (χ2n) is 5.50. The molecule has 0 saturated heterocycles. The Morgan fingerprint density at radius 2 is 2.04 bits per heavy atom. The quantitative estimate of drug-likeness (QED) is 0.535. The molecule has 0 fully saturated rings. The third kappa shape index (κ3) is 5.08. The van der Waals surface area contributed by atoms with Crippen LogP contribution >= 0.6 is 23.2 Å². The number of amides is 1. The summed E-state index contributed by atoms with van der Waals surface area (Å²) >= 11 is 12.0. The van der Waals surface area contributed by atoms with E-state index in [1.807, 2.05) is 6.92 Å². The van der Waals surface area contributed by atoms with Crippen molar-refractivity contribution >= 4 is 40.5 Å². The van der Waals surface area contributed by atoms with Crippen LogP contribution in [0.2, 0.25) is 10.0 Å². The number of nitro groups is 1. The van der Waals surface area contributed by atoms with E-state index in [1.54, 1.807) is 12.1 Å². The zero-order chi connectivity index (χ0) is 19.3. The van der Waals surface area contributed by atoms with Crippen LogP contribution in [0.3, 0.4) is 0 Å². The lowest BCUT2D eigenvalue weighted by Crippen LogP contribution is -2.27. The Morgan fingerprint density at radius 1 is 1.31 bits per heavy atom. The van der Waals surface area contributed by atoms with E-state index >= 15 is 0 Å². The number of halogens is 2. The number of nitrogens with two attached hydrogens (primary N) is 1. The highest BCUT2D eigenvalue weighted by atomic mass is 35.5. The van der Waals surface area contributed by atoms with E-state index in [0.717, 1.165) is 12.5 Å². The first-order valence-corrected chi connectivity index (χ1v) is 8.50. The summed E-state index contributed by atoms with van der Waals surface area (Å²) in [6.45, 7) is 2.18. The van der Waals surface area contributed by atoms with Gasteiger partial charge in [-0.1, -0.05) is 30.1 Å². The average molecular weight is 398 g/mol. The summed E-state index contributed by atoms with van der Waals surface area (Å²) in [5.41, 5.74) is 6.10. The lowest BCUT2D eigenvalue weighted by molar-refractivity contribution is -0.384. The molecule has 0 saturated carbocycles. The van der Waals surface area contributed by atoms with E-state index < -0.39 is 10.8 Å². The Bertz CT molecular complexity index is 830. The first kappa shape index (κ1) is 20.0. The van der Waals surface area contributed by atoms with Crippen molar-refractivity contribution in [2.75, 3.05) is 11.9 Å². The highest BCUT2D eigenvalue weighted by Crippen LogP contribution is 2.29. The zero-order valence-electron chi connectivity index (χ0n) is 13.9. The fourth-order valence-corrected chi connectivity index (χ4v) is 2.42. The first-order chi connectivity index (χ1) is 12.3. The molecule has 2 rings (SSSR count). The smallest absolute Gasteiger partial charge is 0.271 e. The highest BCUT2D eigenvalue weighted by molar-refractivity contribution is 6.34. The van der Waals surface area contributed by atoms with Gasteiger partial charge in [0, 0.05) is 23.2 Å². The Morgan fingerprint density at radius 3 is 2.65 bits per heavy atom. The maximum Gasteiger partial charge on any atom is 0.271 e. The molecule has 0 spiro atoms. The second-order valence-corrected chi connectivity index (χ2v) is 6.34. The molecule has 2 aromatic rings. The Kier molecular flexibility index (Phi) is 6.79. The summed E-state index contributed by atoms with van der Waals surface area (Å²) in [5, 5.41) is 13.8. The molecule has 0 aromatic heterocycles. The maximum atomic E-state index is 12.6. The molecule has 0 aliphatic heterocycles. The minimum Gasteiger partial charge on any atom is -0.491 e. The van der Waals surface area contributed by atoms with Gasteiger partial charge < -0.3 is 15.8 Å². The lowest BCUT2D eigenvalue weighted by Gasteiger charge is -2.15. The standard InChI is InChI=1S/C17H17Cl2N3O4/c1-2-11(20)9-26-16-6-3-10(18)7-13(16)17(23)21-15-5-4-12(22(24)25)8-14(15)19/h3-8,11H,2,9,20H2,1H3,(H,21,23)/t11-/m0/s1.